The van der Waals surface area contributed by atoms with Crippen LogP contribution in [0.4, 0.5) is 0 Å². The predicted octanol–water partition coefficient (Wildman–Crippen LogP) is 3.23. The molecule has 66 valence electrons. The van der Waals surface area contributed by atoms with Crippen LogP contribution in [0.5, 0.6) is 0 Å². The SMILES string of the molecule is [2H]c1c([2H])c([2H])c(-c2ccccc2C#N)c([2H])c1[2H]. The highest BCUT2D eigenvalue weighted by molar-refractivity contribution is 5.70. The highest BCUT2D eigenvalue weighted by Crippen LogP contribution is 2.22. The molecule has 0 saturated carbocycles. The molecule has 2 aromatic rings. The van der Waals surface area contributed by atoms with Crippen molar-refractivity contribution in [1.29, 1.82) is 5.26 Å². The van der Waals surface area contributed by atoms with Crippen LogP contribution in [-0.2, 0) is 0 Å². The van der Waals surface area contributed by atoms with Crippen molar-refractivity contribution in [1.82, 2.24) is 0 Å². The van der Waals surface area contributed by atoms with Crippen molar-refractivity contribution in [3.63, 3.8) is 0 Å². The Bertz CT molecular complexity index is 674. The minimum Gasteiger partial charge on any atom is -0.192 e. The van der Waals surface area contributed by atoms with E-state index >= 15 is 0 Å². The molecule has 0 aliphatic carbocycles. The molecule has 1 heteroatoms. The van der Waals surface area contributed by atoms with Crippen LogP contribution in [0.3, 0.4) is 0 Å². The maximum absolute atomic E-state index is 9.05. The molecule has 2 aromatic carbocycles. The van der Waals surface area contributed by atoms with Crippen LogP contribution < -0.4 is 0 Å². The normalized spacial score (nSPS) is 14.4. The maximum Gasteiger partial charge on any atom is 0.0998 e. The molecule has 0 bridgehead atoms. The minimum absolute atomic E-state index is 0.0585. The predicted molar refractivity (Wildman–Crippen MR) is 56.6 cm³/mol. The van der Waals surface area contributed by atoms with E-state index in [9.17, 15) is 0 Å². The van der Waals surface area contributed by atoms with Gasteiger partial charge in [0.05, 0.1) is 18.5 Å². The molecular formula is C13H9N. The number of benzene rings is 2. The second-order valence-corrected chi connectivity index (χ2v) is 2.66. The molecule has 0 saturated heterocycles. The van der Waals surface area contributed by atoms with Crippen LogP contribution in [0.2, 0.25) is 0 Å². The summed E-state index contributed by atoms with van der Waals surface area (Å²) in [6.45, 7) is 0. The third-order valence-electron chi connectivity index (χ3n) is 1.82. The summed E-state index contributed by atoms with van der Waals surface area (Å²) in [6, 6.07) is 6.59. The fraction of sp³-hybridized carbons (Fsp3) is 0. The molecule has 2 rings (SSSR count). The van der Waals surface area contributed by atoms with Crippen molar-refractivity contribution in [3.05, 3.63) is 60.0 Å². The maximum atomic E-state index is 9.05. The molecule has 1 nitrogen and oxygen atoms in total. The van der Waals surface area contributed by atoms with Gasteiger partial charge in [0.2, 0.25) is 0 Å². The van der Waals surface area contributed by atoms with Crippen LogP contribution in [0.15, 0.2) is 54.5 Å². The van der Waals surface area contributed by atoms with E-state index in [1.807, 2.05) is 6.07 Å². The molecule has 0 aromatic heterocycles. The summed E-state index contributed by atoms with van der Waals surface area (Å²) >= 11 is 0. The first-order valence-corrected chi connectivity index (χ1v) is 4.05. The summed E-state index contributed by atoms with van der Waals surface area (Å²) in [5.41, 5.74) is 0.686. The quantitative estimate of drug-likeness (QED) is 0.667. The third-order valence-corrected chi connectivity index (χ3v) is 1.82. The molecule has 14 heavy (non-hydrogen) atoms. The van der Waals surface area contributed by atoms with Gasteiger partial charge in [-0.05, 0) is 17.2 Å². The monoisotopic (exact) mass is 184 g/mol. The zero-order valence-corrected chi connectivity index (χ0v) is 7.26. The standard InChI is InChI=1S/C13H9N/c14-10-12-8-4-5-9-13(12)11-6-2-1-3-7-11/h1-9H/i1D,2D,3D,6D,7D. The van der Waals surface area contributed by atoms with Gasteiger partial charge in [-0.25, -0.2) is 0 Å². The van der Waals surface area contributed by atoms with Crippen molar-refractivity contribution < 1.29 is 6.85 Å². The van der Waals surface area contributed by atoms with Crippen molar-refractivity contribution >= 4 is 0 Å². The number of nitriles is 1. The lowest BCUT2D eigenvalue weighted by atomic mass is 10.0. The summed E-state index contributed by atoms with van der Waals surface area (Å²) in [6.07, 6.45) is 0. The fourth-order valence-corrected chi connectivity index (χ4v) is 1.18. The van der Waals surface area contributed by atoms with Crippen LogP contribution in [-0.4, -0.2) is 0 Å². The summed E-state index contributed by atoms with van der Waals surface area (Å²) < 4.78 is 38.5. The van der Waals surface area contributed by atoms with Gasteiger partial charge in [0, 0.05) is 0 Å². The van der Waals surface area contributed by atoms with Crippen LogP contribution in [0.25, 0.3) is 11.1 Å². The molecule has 0 atom stereocenters. The summed E-state index contributed by atoms with van der Waals surface area (Å²) in [7, 11) is 0. The van der Waals surface area contributed by atoms with Crippen LogP contribution in [0, 0.1) is 11.3 Å². The number of rotatable bonds is 1. The average molecular weight is 184 g/mol. The van der Waals surface area contributed by atoms with Crippen molar-refractivity contribution in [3.8, 4) is 17.2 Å². The Morgan fingerprint density at radius 1 is 1.07 bits per heavy atom. The Labute approximate surface area is 90.3 Å². The fourth-order valence-electron chi connectivity index (χ4n) is 1.18. The first-order valence-electron chi connectivity index (χ1n) is 6.55. The van der Waals surface area contributed by atoms with Gasteiger partial charge in [-0.15, -0.1) is 0 Å². The van der Waals surface area contributed by atoms with Gasteiger partial charge < -0.3 is 0 Å². The van der Waals surface area contributed by atoms with Gasteiger partial charge >= 0.3 is 0 Å². The molecule has 0 unspecified atom stereocenters. The van der Waals surface area contributed by atoms with Gasteiger partial charge in [0.25, 0.3) is 0 Å². The zero-order chi connectivity index (χ0) is 14.2. The minimum atomic E-state index is -0.437. The third kappa shape index (κ3) is 1.51. The van der Waals surface area contributed by atoms with Crippen molar-refractivity contribution in [2.45, 2.75) is 0 Å². The topological polar surface area (TPSA) is 23.8 Å². The first kappa shape index (κ1) is 4.43. The molecule has 0 amide bonds. The molecule has 0 N–H and O–H groups in total. The lowest BCUT2D eigenvalue weighted by Gasteiger charge is -2.02. The Morgan fingerprint density at radius 2 is 1.79 bits per heavy atom. The number of hydrogen-bond acceptors (Lipinski definition) is 1. The second kappa shape index (κ2) is 3.76. The Kier molecular flexibility index (Phi) is 1.19. The van der Waals surface area contributed by atoms with Crippen molar-refractivity contribution in [2.24, 2.45) is 0 Å². The van der Waals surface area contributed by atoms with E-state index in [1.54, 1.807) is 24.3 Å². The Hall–Kier alpha value is -2.07. The molecule has 0 spiro atoms. The van der Waals surface area contributed by atoms with E-state index in [-0.39, 0.29) is 23.2 Å². The number of nitrogens with zero attached hydrogens (tertiary/aromatic N) is 1. The molecule has 0 fully saturated rings. The van der Waals surface area contributed by atoms with Gasteiger partial charge in [0.15, 0.2) is 0 Å². The average Bonchev–Trinajstić information content (AvgIpc) is 2.44. The van der Waals surface area contributed by atoms with Crippen LogP contribution >= 0.6 is 0 Å². The van der Waals surface area contributed by atoms with Crippen molar-refractivity contribution in [2.75, 3.05) is 0 Å². The van der Waals surface area contributed by atoms with Crippen LogP contribution in [0.1, 0.15) is 12.4 Å². The highest BCUT2D eigenvalue weighted by Gasteiger charge is 2.01. The van der Waals surface area contributed by atoms with Gasteiger partial charge in [-0.2, -0.15) is 5.26 Å². The van der Waals surface area contributed by atoms with Gasteiger partial charge in [0.1, 0.15) is 0 Å². The van der Waals surface area contributed by atoms with E-state index in [1.165, 1.54) is 0 Å². The van der Waals surface area contributed by atoms with Gasteiger partial charge in [-0.3, -0.25) is 0 Å². The van der Waals surface area contributed by atoms with E-state index < -0.39 is 18.1 Å². The molecule has 0 aliphatic heterocycles. The summed E-state index contributed by atoms with van der Waals surface area (Å²) in [5.74, 6) is 0. The van der Waals surface area contributed by atoms with E-state index in [0.29, 0.717) is 5.56 Å². The Balaban J connectivity index is 2.88. The highest BCUT2D eigenvalue weighted by atomic mass is 14.2. The Morgan fingerprint density at radius 3 is 2.50 bits per heavy atom. The zero-order valence-electron chi connectivity index (χ0n) is 12.3. The number of hydrogen-bond donors (Lipinski definition) is 0. The molecule has 0 radical (unpaired) electrons. The first-order chi connectivity index (χ1) is 8.99. The van der Waals surface area contributed by atoms with E-state index in [2.05, 4.69) is 0 Å². The lowest BCUT2D eigenvalue weighted by molar-refractivity contribution is 1.48. The molecule has 0 heterocycles. The summed E-state index contributed by atoms with van der Waals surface area (Å²) in [5, 5.41) is 9.05. The van der Waals surface area contributed by atoms with E-state index in [4.69, 9.17) is 12.1 Å². The smallest absolute Gasteiger partial charge is 0.0998 e. The lowest BCUT2D eigenvalue weighted by Crippen LogP contribution is -1.82. The summed E-state index contributed by atoms with van der Waals surface area (Å²) in [4.78, 5) is 0. The molecular weight excluding hydrogens is 170 g/mol. The largest absolute Gasteiger partial charge is 0.192 e. The van der Waals surface area contributed by atoms with Gasteiger partial charge in [-0.1, -0.05) is 48.4 Å². The van der Waals surface area contributed by atoms with E-state index in [0.717, 1.165) is 0 Å². The molecule has 0 aliphatic rings. The second-order valence-electron chi connectivity index (χ2n) is 2.66.